The molecular formula is C16H19FN4O4. The lowest BCUT2D eigenvalue weighted by molar-refractivity contribution is -0.131. The van der Waals surface area contributed by atoms with Crippen molar-refractivity contribution in [3.05, 3.63) is 35.6 Å². The van der Waals surface area contributed by atoms with Crippen LogP contribution in [0.1, 0.15) is 16.8 Å². The van der Waals surface area contributed by atoms with Gasteiger partial charge in [0.25, 0.3) is 11.8 Å². The summed E-state index contributed by atoms with van der Waals surface area (Å²) in [6.07, 6.45) is -0.142. The average Bonchev–Trinajstić information content (AvgIpc) is 2.77. The Morgan fingerprint density at radius 3 is 2.24 bits per heavy atom. The molecule has 1 aromatic carbocycles. The number of urea groups is 1. The summed E-state index contributed by atoms with van der Waals surface area (Å²) in [6.45, 7) is 0.343. The van der Waals surface area contributed by atoms with Crippen LogP contribution in [0.15, 0.2) is 24.3 Å². The van der Waals surface area contributed by atoms with Crippen molar-refractivity contribution in [2.45, 2.75) is 12.5 Å². The van der Waals surface area contributed by atoms with Crippen molar-refractivity contribution in [1.82, 2.24) is 20.4 Å². The Labute approximate surface area is 144 Å². The van der Waals surface area contributed by atoms with Crippen LogP contribution < -0.4 is 10.6 Å². The van der Waals surface area contributed by atoms with Gasteiger partial charge < -0.3 is 15.5 Å². The Morgan fingerprint density at radius 2 is 1.68 bits per heavy atom. The SMILES string of the molecule is CN1C(=O)[C@@H](CC(=O)NCCNC(=O)c2ccc(F)cc2)N(C)C1=O. The summed E-state index contributed by atoms with van der Waals surface area (Å²) in [6, 6.07) is 3.82. The molecule has 0 saturated carbocycles. The maximum Gasteiger partial charge on any atom is 0.326 e. The van der Waals surface area contributed by atoms with Crippen LogP contribution in [0.4, 0.5) is 9.18 Å². The van der Waals surface area contributed by atoms with Crippen LogP contribution in [-0.4, -0.2) is 66.8 Å². The molecule has 1 heterocycles. The van der Waals surface area contributed by atoms with Crippen molar-refractivity contribution in [2.75, 3.05) is 27.2 Å². The molecule has 0 bridgehead atoms. The molecule has 8 nitrogen and oxygen atoms in total. The van der Waals surface area contributed by atoms with Gasteiger partial charge >= 0.3 is 6.03 Å². The lowest BCUT2D eigenvalue weighted by Crippen LogP contribution is -2.40. The third-order valence-electron chi connectivity index (χ3n) is 3.89. The molecule has 25 heavy (non-hydrogen) atoms. The number of hydrogen-bond acceptors (Lipinski definition) is 4. The second-order valence-corrected chi connectivity index (χ2v) is 5.62. The van der Waals surface area contributed by atoms with E-state index in [0.717, 1.165) is 4.90 Å². The summed E-state index contributed by atoms with van der Waals surface area (Å²) in [7, 11) is 2.83. The topological polar surface area (TPSA) is 98.8 Å². The molecule has 0 aromatic heterocycles. The second kappa shape index (κ2) is 7.73. The molecule has 0 unspecified atom stereocenters. The van der Waals surface area contributed by atoms with E-state index in [4.69, 9.17) is 0 Å². The van der Waals surface area contributed by atoms with Crippen molar-refractivity contribution in [3.8, 4) is 0 Å². The Hall–Kier alpha value is -2.97. The first-order valence-electron chi connectivity index (χ1n) is 7.66. The van der Waals surface area contributed by atoms with E-state index in [9.17, 15) is 23.6 Å². The highest BCUT2D eigenvalue weighted by Crippen LogP contribution is 2.16. The maximum atomic E-state index is 12.8. The van der Waals surface area contributed by atoms with Crippen LogP contribution >= 0.6 is 0 Å². The molecular weight excluding hydrogens is 331 g/mol. The number of carbonyl (C=O) groups excluding carboxylic acids is 4. The molecule has 1 aromatic rings. The molecule has 9 heteroatoms. The number of imide groups is 1. The molecule has 1 saturated heterocycles. The number of nitrogens with zero attached hydrogens (tertiary/aromatic N) is 2. The zero-order valence-electron chi connectivity index (χ0n) is 13.9. The Bertz CT molecular complexity index is 692. The molecule has 2 N–H and O–H groups in total. The Kier molecular flexibility index (Phi) is 5.68. The fourth-order valence-corrected chi connectivity index (χ4v) is 2.41. The van der Waals surface area contributed by atoms with E-state index in [1.54, 1.807) is 0 Å². The predicted molar refractivity (Wildman–Crippen MR) is 86.1 cm³/mol. The third kappa shape index (κ3) is 4.31. The van der Waals surface area contributed by atoms with Crippen molar-refractivity contribution in [2.24, 2.45) is 0 Å². The van der Waals surface area contributed by atoms with Gasteiger partial charge in [0, 0.05) is 32.7 Å². The van der Waals surface area contributed by atoms with E-state index in [1.165, 1.54) is 43.3 Å². The number of carbonyl (C=O) groups is 4. The third-order valence-corrected chi connectivity index (χ3v) is 3.89. The van der Waals surface area contributed by atoms with Crippen molar-refractivity contribution in [3.63, 3.8) is 0 Å². The smallest absolute Gasteiger partial charge is 0.326 e. The van der Waals surface area contributed by atoms with Crippen LogP contribution in [0.5, 0.6) is 0 Å². The van der Waals surface area contributed by atoms with Crippen molar-refractivity contribution >= 4 is 23.8 Å². The number of nitrogens with one attached hydrogen (secondary N) is 2. The van der Waals surface area contributed by atoms with E-state index >= 15 is 0 Å². The molecule has 1 aliphatic heterocycles. The standard InChI is InChI=1S/C16H19FN4O4/c1-20-12(15(24)21(2)16(20)25)9-13(22)18-7-8-19-14(23)10-3-5-11(17)6-4-10/h3-6,12H,7-9H2,1-2H3,(H,18,22)(H,19,23)/t12-/m1/s1. The molecule has 0 radical (unpaired) electrons. The summed E-state index contributed by atoms with van der Waals surface area (Å²) in [4.78, 5) is 49.4. The predicted octanol–water partition coefficient (Wildman–Crippen LogP) is -0.0458. The van der Waals surface area contributed by atoms with E-state index in [0.29, 0.717) is 5.56 Å². The van der Waals surface area contributed by atoms with Crippen LogP contribution in [0.25, 0.3) is 0 Å². The van der Waals surface area contributed by atoms with Crippen LogP contribution in [-0.2, 0) is 9.59 Å². The number of hydrogen-bond donors (Lipinski definition) is 2. The fourth-order valence-electron chi connectivity index (χ4n) is 2.41. The normalized spacial score (nSPS) is 17.0. The number of rotatable bonds is 6. The molecule has 5 amide bonds. The first kappa shape index (κ1) is 18.4. The minimum atomic E-state index is -0.814. The first-order valence-corrected chi connectivity index (χ1v) is 7.66. The molecule has 134 valence electrons. The van der Waals surface area contributed by atoms with Crippen molar-refractivity contribution < 1.29 is 23.6 Å². The zero-order chi connectivity index (χ0) is 18.6. The fraction of sp³-hybridized carbons (Fsp3) is 0.375. The first-order chi connectivity index (χ1) is 11.8. The molecule has 1 aliphatic rings. The van der Waals surface area contributed by atoms with Gasteiger partial charge in [-0.2, -0.15) is 0 Å². The van der Waals surface area contributed by atoms with Gasteiger partial charge in [-0.05, 0) is 24.3 Å². The minimum absolute atomic E-state index is 0.142. The number of likely N-dealkylation sites (N-methyl/N-ethyl adjacent to an activating group) is 2. The lowest BCUT2D eigenvalue weighted by Gasteiger charge is -2.15. The van der Waals surface area contributed by atoms with Gasteiger partial charge in [-0.25, -0.2) is 9.18 Å². The minimum Gasteiger partial charge on any atom is -0.354 e. The summed E-state index contributed by atoms with van der Waals surface area (Å²) < 4.78 is 12.8. The van der Waals surface area contributed by atoms with Crippen molar-refractivity contribution in [1.29, 1.82) is 0 Å². The molecule has 0 spiro atoms. The van der Waals surface area contributed by atoms with Gasteiger partial charge in [-0.1, -0.05) is 0 Å². The number of halogens is 1. The number of benzene rings is 1. The monoisotopic (exact) mass is 350 g/mol. The van der Waals surface area contributed by atoms with E-state index in [-0.39, 0.29) is 25.4 Å². The van der Waals surface area contributed by atoms with Gasteiger partial charge in [0.15, 0.2) is 0 Å². The largest absolute Gasteiger partial charge is 0.354 e. The highest BCUT2D eigenvalue weighted by molar-refractivity contribution is 6.05. The molecule has 2 rings (SSSR count). The van der Waals surface area contributed by atoms with E-state index in [1.807, 2.05) is 0 Å². The second-order valence-electron chi connectivity index (χ2n) is 5.62. The van der Waals surface area contributed by atoms with E-state index in [2.05, 4.69) is 10.6 Å². The van der Waals surface area contributed by atoms with Gasteiger partial charge in [0.1, 0.15) is 11.9 Å². The zero-order valence-corrected chi connectivity index (χ0v) is 13.9. The van der Waals surface area contributed by atoms with E-state index < -0.39 is 29.7 Å². The molecule has 1 atom stereocenters. The molecule has 0 aliphatic carbocycles. The highest BCUT2D eigenvalue weighted by Gasteiger charge is 2.41. The molecule has 1 fully saturated rings. The Balaban J connectivity index is 1.72. The van der Waals surface area contributed by atoms with Crippen LogP contribution in [0.2, 0.25) is 0 Å². The van der Waals surface area contributed by atoms with Gasteiger partial charge in [0.05, 0.1) is 6.42 Å². The Morgan fingerprint density at radius 1 is 1.08 bits per heavy atom. The van der Waals surface area contributed by atoms with Crippen LogP contribution in [0.3, 0.4) is 0 Å². The van der Waals surface area contributed by atoms with Crippen LogP contribution in [0, 0.1) is 5.82 Å². The number of amides is 5. The maximum absolute atomic E-state index is 12.8. The summed E-state index contributed by atoms with van der Waals surface area (Å²) in [5, 5.41) is 5.16. The summed E-state index contributed by atoms with van der Waals surface area (Å²) >= 11 is 0. The quantitative estimate of drug-likeness (QED) is 0.555. The van der Waals surface area contributed by atoms with Gasteiger partial charge in [-0.3, -0.25) is 19.3 Å². The lowest BCUT2D eigenvalue weighted by atomic mass is 10.2. The highest BCUT2D eigenvalue weighted by atomic mass is 19.1. The summed E-state index contributed by atoms with van der Waals surface area (Å²) in [5.41, 5.74) is 0.312. The average molecular weight is 350 g/mol. The van der Waals surface area contributed by atoms with Gasteiger partial charge in [-0.15, -0.1) is 0 Å². The van der Waals surface area contributed by atoms with Gasteiger partial charge in [0.2, 0.25) is 5.91 Å². The summed E-state index contributed by atoms with van der Waals surface area (Å²) in [5.74, 6) is -1.64.